The summed E-state index contributed by atoms with van der Waals surface area (Å²) in [6, 6.07) is 0.787. The van der Waals surface area contributed by atoms with Crippen molar-refractivity contribution in [2.75, 3.05) is 6.61 Å². The predicted molar refractivity (Wildman–Crippen MR) is 81.7 cm³/mol. The van der Waals surface area contributed by atoms with Crippen molar-refractivity contribution in [2.24, 2.45) is 5.92 Å². The maximum atomic E-state index is 14.2. The quantitative estimate of drug-likeness (QED) is 0.810. The van der Waals surface area contributed by atoms with Gasteiger partial charge in [-0.05, 0) is 25.8 Å². The largest absolute Gasteiger partial charge is 0.462 e. The maximum Gasteiger partial charge on any atom is 0.343 e. The monoisotopic (exact) mass is 333 g/mol. The highest BCUT2D eigenvalue weighted by Crippen LogP contribution is 2.43. The van der Waals surface area contributed by atoms with Crippen molar-refractivity contribution in [3.05, 3.63) is 45.4 Å². The number of esters is 1. The third kappa shape index (κ3) is 2.11. The zero-order valence-corrected chi connectivity index (χ0v) is 12.8. The van der Waals surface area contributed by atoms with Crippen LogP contribution in [0.2, 0.25) is 0 Å². The van der Waals surface area contributed by atoms with E-state index in [9.17, 15) is 18.4 Å². The first-order chi connectivity index (χ1) is 11.5. The van der Waals surface area contributed by atoms with Crippen LogP contribution in [0.1, 0.15) is 30.1 Å². The number of carbonyl (C=O) groups excluding carboxylic acids is 1. The van der Waals surface area contributed by atoms with Gasteiger partial charge in [0.15, 0.2) is 11.6 Å². The van der Waals surface area contributed by atoms with Crippen molar-refractivity contribution in [1.29, 1.82) is 0 Å². The van der Waals surface area contributed by atoms with E-state index >= 15 is 0 Å². The number of pyridine rings is 1. The van der Waals surface area contributed by atoms with Crippen molar-refractivity contribution in [3.8, 4) is 5.75 Å². The summed E-state index contributed by atoms with van der Waals surface area (Å²) in [7, 11) is 0. The molecule has 1 aliphatic heterocycles. The zero-order valence-electron chi connectivity index (χ0n) is 12.8. The average molecular weight is 333 g/mol. The molecule has 5 nitrogen and oxygen atoms in total. The van der Waals surface area contributed by atoms with E-state index in [1.807, 2.05) is 0 Å². The lowest BCUT2D eigenvalue weighted by molar-refractivity contribution is 0.0524. The number of ether oxygens (including phenoxy) is 2. The van der Waals surface area contributed by atoms with Gasteiger partial charge in [-0.3, -0.25) is 4.79 Å². The van der Waals surface area contributed by atoms with Gasteiger partial charge in [0, 0.05) is 18.3 Å². The van der Waals surface area contributed by atoms with Crippen LogP contribution in [-0.4, -0.2) is 17.1 Å². The molecule has 0 N–H and O–H groups in total. The summed E-state index contributed by atoms with van der Waals surface area (Å²) in [5.74, 6) is -2.83. The molecule has 1 saturated carbocycles. The third-order valence-electron chi connectivity index (χ3n) is 4.13. The number of allylic oxidation sites excluding steroid dienone is 1. The smallest absolute Gasteiger partial charge is 0.343 e. The topological polar surface area (TPSA) is 57.5 Å². The Kier molecular flexibility index (Phi) is 3.19. The second-order valence-corrected chi connectivity index (χ2v) is 5.81. The first-order valence-electron chi connectivity index (χ1n) is 7.64. The molecule has 0 saturated heterocycles. The van der Waals surface area contributed by atoms with Crippen LogP contribution in [0.4, 0.5) is 8.78 Å². The summed E-state index contributed by atoms with van der Waals surface area (Å²) in [6.07, 6.45) is 4.68. The molecule has 24 heavy (non-hydrogen) atoms. The molecular formula is C17H13F2NO4. The molecule has 1 aliphatic carbocycles. The number of halogens is 2. The maximum absolute atomic E-state index is 14.2. The van der Waals surface area contributed by atoms with Gasteiger partial charge in [-0.1, -0.05) is 0 Å². The van der Waals surface area contributed by atoms with Crippen molar-refractivity contribution >= 4 is 23.1 Å². The normalized spacial score (nSPS) is 15.9. The van der Waals surface area contributed by atoms with Crippen LogP contribution in [0.3, 0.4) is 0 Å². The standard InChI is InChI=1S/C17H13F2NO4/c1-2-23-17(22)10-6-20-7-12(8-3-4-8)24-16-13(19)11(18)5-9(14(16)20)15(10)21/h5-8H,2-4H2,1H3. The second kappa shape index (κ2) is 5.15. The molecule has 0 atom stereocenters. The molecule has 0 spiro atoms. The molecular weight excluding hydrogens is 320 g/mol. The van der Waals surface area contributed by atoms with E-state index in [1.54, 1.807) is 13.1 Å². The van der Waals surface area contributed by atoms with Crippen molar-refractivity contribution < 1.29 is 23.0 Å². The van der Waals surface area contributed by atoms with Gasteiger partial charge in [0.25, 0.3) is 0 Å². The van der Waals surface area contributed by atoms with Crippen LogP contribution in [0.25, 0.3) is 17.1 Å². The molecule has 2 aromatic rings. The minimum Gasteiger partial charge on any atom is -0.462 e. The highest BCUT2D eigenvalue weighted by atomic mass is 19.2. The van der Waals surface area contributed by atoms with Crippen LogP contribution in [0.5, 0.6) is 5.75 Å². The van der Waals surface area contributed by atoms with Crippen molar-refractivity contribution in [3.63, 3.8) is 0 Å². The average Bonchev–Trinajstić information content (AvgIpc) is 3.39. The van der Waals surface area contributed by atoms with E-state index in [0.717, 1.165) is 18.9 Å². The third-order valence-corrected chi connectivity index (χ3v) is 4.13. The van der Waals surface area contributed by atoms with E-state index in [1.165, 1.54) is 10.8 Å². The fourth-order valence-corrected chi connectivity index (χ4v) is 2.82. The van der Waals surface area contributed by atoms with E-state index < -0.39 is 23.0 Å². The van der Waals surface area contributed by atoms with Gasteiger partial charge < -0.3 is 14.0 Å². The first kappa shape index (κ1) is 14.9. The molecule has 1 fully saturated rings. The number of hydrogen-bond acceptors (Lipinski definition) is 4. The molecule has 1 aromatic carbocycles. The van der Waals surface area contributed by atoms with E-state index in [-0.39, 0.29) is 34.7 Å². The molecule has 0 unspecified atom stereocenters. The van der Waals surface area contributed by atoms with Gasteiger partial charge in [0.05, 0.1) is 12.0 Å². The van der Waals surface area contributed by atoms with Crippen LogP contribution in [0, 0.1) is 17.6 Å². The summed E-state index contributed by atoms with van der Waals surface area (Å²) in [6.45, 7) is 1.72. The highest BCUT2D eigenvalue weighted by Gasteiger charge is 2.33. The number of aromatic nitrogens is 1. The summed E-state index contributed by atoms with van der Waals surface area (Å²) < 4.78 is 39.9. The Morgan fingerprint density at radius 1 is 1.42 bits per heavy atom. The molecule has 7 heteroatoms. The number of nitrogens with zero attached hydrogens (tertiary/aromatic N) is 1. The Morgan fingerprint density at radius 3 is 2.83 bits per heavy atom. The lowest BCUT2D eigenvalue weighted by Gasteiger charge is -2.21. The van der Waals surface area contributed by atoms with Gasteiger partial charge in [-0.25, -0.2) is 9.18 Å². The van der Waals surface area contributed by atoms with Crippen molar-refractivity contribution in [1.82, 2.24) is 4.57 Å². The fourth-order valence-electron chi connectivity index (χ4n) is 2.82. The number of rotatable bonds is 3. The van der Waals surface area contributed by atoms with E-state index in [0.29, 0.717) is 5.76 Å². The molecule has 124 valence electrons. The lowest BCUT2D eigenvalue weighted by atomic mass is 10.1. The predicted octanol–water partition coefficient (Wildman–Crippen LogP) is 3.06. The minimum absolute atomic E-state index is 0.103. The van der Waals surface area contributed by atoms with Gasteiger partial charge >= 0.3 is 5.97 Å². The van der Waals surface area contributed by atoms with Crippen LogP contribution in [0.15, 0.2) is 22.8 Å². The molecule has 0 radical (unpaired) electrons. The Balaban J connectivity index is 2.05. The summed E-state index contributed by atoms with van der Waals surface area (Å²) in [5, 5.41) is -0.124. The number of benzene rings is 1. The SMILES string of the molecule is CCOC(=O)c1cn2c3c(c(F)c(F)cc3c1=O)OC(C1CC1)=C2. The molecule has 2 heterocycles. The summed E-state index contributed by atoms with van der Waals surface area (Å²) in [4.78, 5) is 24.5. The zero-order chi connectivity index (χ0) is 17.0. The molecule has 0 amide bonds. The minimum atomic E-state index is -1.20. The van der Waals surface area contributed by atoms with Gasteiger partial charge in [0.2, 0.25) is 11.2 Å². The Labute approximate surface area is 135 Å². The van der Waals surface area contributed by atoms with Gasteiger partial charge in [-0.2, -0.15) is 4.39 Å². The molecule has 1 aromatic heterocycles. The van der Waals surface area contributed by atoms with Crippen molar-refractivity contribution in [2.45, 2.75) is 19.8 Å². The van der Waals surface area contributed by atoms with E-state index in [2.05, 4.69) is 0 Å². The Morgan fingerprint density at radius 2 is 2.17 bits per heavy atom. The fraction of sp³-hybridized carbons (Fsp3) is 0.294. The summed E-state index contributed by atoms with van der Waals surface area (Å²) >= 11 is 0. The molecule has 4 rings (SSSR count). The second-order valence-electron chi connectivity index (χ2n) is 5.81. The van der Waals surface area contributed by atoms with E-state index in [4.69, 9.17) is 9.47 Å². The van der Waals surface area contributed by atoms with Crippen LogP contribution in [-0.2, 0) is 4.74 Å². The van der Waals surface area contributed by atoms with Gasteiger partial charge in [-0.15, -0.1) is 0 Å². The molecule has 2 aliphatic rings. The number of carbonyl (C=O) groups is 1. The molecule has 0 bridgehead atoms. The Hall–Kier alpha value is -2.70. The highest BCUT2D eigenvalue weighted by molar-refractivity contribution is 5.96. The summed E-state index contributed by atoms with van der Waals surface area (Å²) in [5.41, 5.74) is -0.835. The first-order valence-corrected chi connectivity index (χ1v) is 7.64. The van der Waals surface area contributed by atoms with Crippen LogP contribution >= 0.6 is 0 Å². The lowest BCUT2D eigenvalue weighted by Crippen LogP contribution is -2.22. The van der Waals surface area contributed by atoms with Crippen LogP contribution < -0.4 is 10.2 Å². The Bertz CT molecular complexity index is 973. The van der Waals surface area contributed by atoms with Gasteiger partial charge in [0.1, 0.15) is 16.8 Å². The number of hydrogen-bond donors (Lipinski definition) is 0.